The van der Waals surface area contributed by atoms with E-state index in [0.29, 0.717) is 11.5 Å². The number of furan rings is 1. The molecule has 1 heterocycles. The third-order valence-electron chi connectivity index (χ3n) is 2.12. The fraction of sp³-hybridized carbons (Fsp3) is 0.417. The van der Waals surface area contributed by atoms with Crippen LogP contribution < -0.4 is 0 Å². The SMILES string of the molecule is CCOP(=O)(OCC)/C(C#N)=C\c1ccc(CO)o1. The molecule has 0 saturated heterocycles. The maximum absolute atomic E-state index is 12.4. The minimum atomic E-state index is -3.62. The molecule has 0 aliphatic heterocycles. The van der Waals surface area contributed by atoms with Gasteiger partial charge in [-0.25, -0.2) is 0 Å². The number of nitriles is 1. The molecule has 0 fully saturated rings. The van der Waals surface area contributed by atoms with Crippen LogP contribution in [0.25, 0.3) is 6.08 Å². The molecule has 1 rings (SSSR count). The highest BCUT2D eigenvalue weighted by Gasteiger charge is 2.30. The summed E-state index contributed by atoms with van der Waals surface area (Å²) in [5, 5.41) is 17.9. The number of allylic oxidation sites excluding steroid dienone is 1. The normalized spacial score (nSPS) is 12.4. The maximum Gasteiger partial charge on any atom is 0.371 e. The Morgan fingerprint density at radius 3 is 2.53 bits per heavy atom. The summed E-state index contributed by atoms with van der Waals surface area (Å²) in [6, 6.07) is 4.94. The summed E-state index contributed by atoms with van der Waals surface area (Å²) in [5.41, 5.74) is 0. The molecule has 0 saturated carbocycles. The van der Waals surface area contributed by atoms with Gasteiger partial charge in [-0.05, 0) is 26.0 Å². The van der Waals surface area contributed by atoms with E-state index in [-0.39, 0.29) is 25.1 Å². The van der Waals surface area contributed by atoms with Crippen LogP contribution in [0.4, 0.5) is 0 Å². The number of rotatable bonds is 7. The molecule has 0 aliphatic carbocycles. The lowest BCUT2D eigenvalue weighted by Gasteiger charge is -2.15. The van der Waals surface area contributed by atoms with Crippen LogP contribution in [0.15, 0.2) is 21.9 Å². The van der Waals surface area contributed by atoms with Crippen molar-refractivity contribution in [2.45, 2.75) is 20.5 Å². The quantitative estimate of drug-likeness (QED) is 0.611. The molecule has 0 atom stereocenters. The minimum Gasteiger partial charge on any atom is -0.459 e. The van der Waals surface area contributed by atoms with E-state index < -0.39 is 7.60 Å². The molecule has 7 heteroatoms. The zero-order chi connectivity index (χ0) is 14.3. The van der Waals surface area contributed by atoms with Crippen molar-refractivity contribution in [1.82, 2.24) is 0 Å². The first-order chi connectivity index (χ1) is 9.09. The van der Waals surface area contributed by atoms with Gasteiger partial charge < -0.3 is 18.6 Å². The molecule has 1 aromatic heterocycles. The Balaban J connectivity index is 3.10. The second-order valence-corrected chi connectivity index (χ2v) is 5.43. The highest BCUT2D eigenvalue weighted by molar-refractivity contribution is 7.59. The summed E-state index contributed by atoms with van der Waals surface area (Å²) in [7, 11) is -3.62. The standard InChI is InChI=1S/C12H16NO5P/c1-3-16-19(15,17-4-2)12(8-13)7-10-5-6-11(9-14)18-10/h5-7,14H,3-4,9H2,1-2H3/b12-7-. The molecule has 0 spiro atoms. The Kier molecular flexibility index (Phi) is 6.00. The van der Waals surface area contributed by atoms with Crippen LogP contribution in [-0.2, 0) is 20.2 Å². The van der Waals surface area contributed by atoms with Gasteiger partial charge in [0.05, 0.1) is 13.2 Å². The lowest BCUT2D eigenvalue weighted by atomic mass is 10.4. The molecular formula is C12H16NO5P. The van der Waals surface area contributed by atoms with Gasteiger partial charge in [-0.15, -0.1) is 0 Å². The Bertz CT molecular complexity index is 518. The van der Waals surface area contributed by atoms with Crippen molar-refractivity contribution in [3.8, 4) is 6.07 Å². The van der Waals surface area contributed by atoms with Crippen molar-refractivity contribution in [1.29, 1.82) is 5.26 Å². The second kappa shape index (κ2) is 7.27. The number of aliphatic hydroxyl groups excluding tert-OH is 1. The maximum atomic E-state index is 12.4. The third-order valence-corrected chi connectivity index (χ3v) is 4.14. The van der Waals surface area contributed by atoms with Crippen LogP contribution in [-0.4, -0.2) is 18.3 Å². The van der Waals surface area contributed by atoms with E-state index in [4.69, 9.17) is 23.8 Å². The first kappa shape index (κ1) is 15.7. The van der Waals surface area contributed by atoms with Crippen molar-refractivity contribution in [2.24, 2.45) is 0 Å². The molecule has 0 unspecified atom stereocenters. The smallest absolute Gasteiger partial charge is 0.371 e. The average molecular weight is 285 g/mol. The number of nitrogens with zero attached hydrogens (tertiary/aromatic N) is 1. The van der Waals surface area contributed by atoms with Gasteiger partial charge in [-0.1, -0.05) is 0 Å². The monoisotopic (exact) mass is 285 g/mol. The molecule has 0 radical (unpaired) electrons. The predicted molar refractivity (Wildman–Crippen MR) is 69.1 cm³/mol. The summed E-state index contributed by atoms with van der Waals surface area (Å²) in [5.74, 6) is 0.659. The van der Waals surface area contributed by atoms with E-state index in [0.717, 1.165) is 0 Å². The molecule has 1 aromatic rings. The lowest BCUT2D eigenvalue weighted by Crippen LogP contribution is -1.97. The Morgan fingerprint density at radius 1 is 1.47 bits per heavy atom. The van der Waals surface area contributed by atoms with E-state index in [1.165, 1.54) is 6.08 Å². The van der Waals surface area contributed by atoms with Crippen LogP contribution in [0.3, 0.4) is 0 Å². The second-order valence-electron chi connectivity index (χ2n) is 3.44. The fourth-order valence-corrected chi connectivity index (χ4v) is 2.82. The van der Waals surface area contributed by atoms with Crippen LogP contribution in [0, 0.1) is 11.3 Å². The van der Waals surface area contributed by atoms with Crippen LogP contribution >= 0.6 is 7.60 Å². The molecule has 19 heavy (non-hydrogen) atoms. The van der Waals surface area contributed by atoms with Crippen molar-refractivity contribution in [3.63, 3.8) is 0 Å². The van der Waals surface area contributed by atoms with E-state index in [1.807, 2.05) is 6.07 Å². The first-order valence-electron chi connectivity index (χ1n) is 5.80. The average Bonchev–Trinajstić information content (AvgIpc) is 2.84. The molecule has 1 N–H and O–H groups in total. The van der Waals surface area contributed by atoms with E-state index in [2.05, 4.69) is 0 Å². The third kappa shape index (κ3) is 4.05. The highest BCUT2D eigenvalue weighted by atomic mass is 31.2. The molecule has 6 nitrogen and oxygen atoms in total. The van der Waals surface area contributed by atoms with Gasteiger partial charge in [-0.3, -0.25) is 4.57 Å². The van der Waals surface area contributed by atoms with Crippen molar-refractivity contribution < 1.29 is 23.1 Å². The summed E-state index contributed by atoms with van der Waals surface area (Å²) in [4.78, 5) is 0. The van der Waals surface area contributed by atoms with E-state index in [9.17, 15) is 4.57 Å². The van der Waals surface area contributed by atoms with Crippen LogP contribution in [0.2, 0.25) is 0 Å². The number of hydrogen-bond donors (Lipinski definition) is 1. The van der Waals surface area contributed by atoms with Crippen LogP contribution in [0.5, 0.6) is 0 Å². The molecule has 0 amide bonds. The van der Waals surface area contributed by atoms with Gasteiger partial charge in [-0.2, -0.15) is 5.26 Å². The largest absolute Gasteiger partial charge is 0.459 e. The summed E-state index contributed by atoms with van der Waals surface area (Å²) in [6.07, 6.45) is 1.30. The van der Waals surface area contributed by atoms with Gasteiger partial charge in [0.2, 0.25) is 0 Å². The van der Waals surface area contributed by atoms with Gasteiger partial charge in [0.25, 0.3) is 0 Å². The topological polar surface area (TPSA) is 92.7 Å². The fourth-order valence-electron chi connectivity index (χ4n) is 1.38. The summed E-state index contributed by atoms with van der Waals surface area (Å²) < 4.78 is 27.8. The molecular weight excluding hydrogens is 269 g/mol. The molecule has 104 valence electrons. The summed E-state index contributed by atoms with van der Waals surface area (Å²) in [6.45, 7) is 3.41. The minimum absolute atomic E-state index is 0.130. The number of aliphatic hydroxyl groups is 1. The van der Waals surface area contributed by atoms with Gasteiger partial charge in [0.15, 0.2) is 0 Å². The van der Waals surface area contributed by atoms with Gasteiger partial charge in [0, 0.05) is 6.08 Å². The van der Waals surface area contributed by atoms with Crippen molar-refractivity contribution >= 4 is 13.7 Å². The molecule has 0 bridgehead atoms. The van der Waals surface area contributed by atoms with Crippen molar-refractivity contribution in [3.05, 3.63) is 29.0 Å². The van der Waals surface area contributed by atoms with Crippen LogP contribution in [0.1, 0.15) is 25.4 Å². The van der Waals surface area contributed by atoms with Gasteiger partial charge in [0.1, 0.15) is 29.5 Å². The van der Waals surface area contributed by atoms with Crippen molar-refractivity contribution in [2.75, 3.05) is 13.2 Å². The Labute approximate surface area is 111 Å². The first-order valence-corrected chi connectivity index (χ1v) is 7.35. The lowest BCUT2D eigenvalue weighted by molar-refractivity contribution is 0.227. The summed E-state index contributed by atoms with van der Waals surface area (Å²) >= 11 is 0. The number of hydrogen-bond acceptors (Lipinski definition) is 6. The molecule has 0 aromatic carbocycles. The Morgan fingerprint density at radius 2 is 2.11 bits per heavy atom. The van der Waals surface area contributed by atoms with E-state index in [1.54, 1.807) is 26.0 Å². The van der Waals surface area contributed by atoms with E-state index >= 15 is 0 Å². The zero-order valence-corrected chi connectivity index (χ0v) is 11.7. The highest BCUT2D eigenvalue weighted by Crippen LogP contribution is 2.56. The Hall–Kier alpha value is -1.38. The predicted octanol–water partition coefficient (Wildman–Crippen LogP) is 2.90. The zero-order valence-electron chi connectivity index (χ0n) is 10.8. The van der Waals surface area contributed by atoms with Gasteiger partial charge >= 0.3 is 7.60 Å². The molecule has 0 aliphatic rings.